The van der Waals surface area contributed by atoms with Crippen molar-refractivity contribution in [2.45, 2.75) is 39.0 Å². The van der Waals surface area contributed by atoms with E-state index in [1.807, 2.05) is 0 Å². The lowest BCUT2D eigenvalue weighted by atomic mass is 9.56. The molecule has 3 saturated carbocycles. The van der Waals surface area contributed by atoms with Crippen LogP contribution in [-0.2, 0) is 9.59 Å². The fourth-order valence-electron chi connectivity index (χ4n) is 5.93. The van der Waals surface area contributed by atoms with E-state index in [0.717, 1.165) is 24.7 Å². The van der Waals surface area contributed by atoms with Gasteiger partial charge in [0.15, 0.2) is 0 Å². The van der Waals surface area contributed by atoms with Crippen molar-refractivity contribution in [2.75, 3.05) is 13.1 Å². The molecule has 3 aliphatic carbocycles. The van der Waals surface area contributed by atoms with E-state index < -0.39 is 0 Å². The second-order valence-electron chi connectivity index (χ2n) is 7.07. The van der Waals surface area contributed by atoms with Crippen LogP contribution in [0.15, 0.2) is 9.98 Å². The molecule has 0 heterocycles. The predicted octanol–water partition coefficient (Wildman–Crippen LogP) is 2.74. The zero-order valence-corrected chi connectivity index (χ0v) is 12.0. The average Bonchev–Trinajstić information content (AvgIpc) is 2.97. The average molecular weight is 274 g/mol. The van der Waals surface area contributed by atoms with E-state index in [2.05, 4.69) is 16.9 Å². The summed E-state index contributed by atoms with van der Waals surface area (Å²) in [7, 11) is 0. The van der Waals surface area contributed by atoms with Crippen LogP contribution in [0.3, 0.4) is 0 Å². The van der Waals surface area contributed by atoms with Crippen LogP contribution < -0.4 is 0 Å². The van der Waals surface area contributed by atoms with E-state index in [1.165, 1.54) is 19.3 Å². The molecule has 4 heteroatoms. The standard InChI is InChI=1S/C16H22N2O2/c1-11-3-2-4-14-12-5-13(7-17-9-19)16(6-12,15(11)14)8-18-10-20/h11-15H,2-8H2,1H3. The van der Waals surface area contributed by atoms with Crippen LogP contribution in [-0.4, -0.2) is 25.2 Å². The predicted molar refractivity (Wildman–Crippen MR) is 74.6 cm³/mol. The Labute approximate surface area is 119 Å². The Morgan fingerprint density at radius 1 is 1.20 bits per heavy atom. The van der Waals surface area contributed by atoms with Gasteiger partial charge in [-0.25, -0.2) is 19.6 Å². The van der Waals surface area contributed by atoms with Gasteiger partial charge in [0.2, 0.25) is 12.2 Å². The van der Waals surface area contributed by atoms with Crippen LogP contribution in [0.1, 0.15) is 39.0 Å². The van der Waals surface area contributed by atoms with Crippen LogP contribution >= 0.6 is 0 Å². The monoisotopic (exact) mass is 274 g/mol. The van der Waals surface area contributed by atoms with Crippen molar-refractivity contribution in [2.24, 2.45) is 45.0 Å². The molecule has 0 aromatic heterocycles. The van der Waals surface area contributed by atoms with Crippen molar-refractivity contribution in [3.05, 3.63) is 0 Å². The van der Waals surface area contributed by atoms with Gasteiger partial charge in [-0.3, -0.25) is 0 Å². The Hall–Kier alpha value is -1.24. The molecule has 6 unspecified atom stereocenters. The van der Waals surface area contributed by atoms with Crippen molar-refractivity contribution < 1.29 is 9.59 Å². The summed E-state index contributed by atoms with van der Waals surface area (Å²) >= 11 is 0. The molecule has 4 nitrogen and oxygen atoms in total. The molecule has 3 rings (SSSR count). The number of hydrogen-bond donors (Lipinski definition) is 0. The van der Waals surface area contributed by atoms with Crippen LogP contribution in [0.25, 0.3) is 0 Å². The van der Waals surface area contributed by atoms with E-state index in [-0.39, 0.29) is 5.41 Å². The Kier molecular flexibility index (Phi) is 3.62. The highest BCUT2D eigenvalue weighted by Crippen LogP contribution is 2.68. The molecule has 0 spiro atoms. The lowest BCUT2D eigenvalue weighted by molar-refractivity contribution is 0.00631. The molecule has 0 saturated heterocycles. The quantitative estimate of drug-likeness (QED) is 0.584. The fourth-order valence-corrected chi connectivity index (χ4v) is 5.93. The second-order valence-corrected chi connectivity index (χ2v) is 7.07. The highest BCUT2D eigenvalue weighted by molar-refractivity contribution is 5.34. The Balaban J connectivity index is 1.93. The smallest absolute Gasteiger partial charge is 0.211 e. The number of rotatable bonds is 4. The first-order chi connectivity index (χ1) is 9.73. The van der Waals surface area contributed by atoms with Crippen LogP contribution in [0.2, 0.25) is 0 Å². The summed E-state index contributed by atoms with van der Waals surface area (Å²) in [5, 5.41) is 0. The number of carbonyl (C=O) groups excluding carboxylic acids is 2. The van der Waals surface area contributed by atoms with Crippen molar-refractivity contribution in [1.82, 2.24) is 0 Å². The molecule has 0 aromatic rings. The maximum atomic E-state index is 10.6. The molecule has 3 fully saturated rings. The molecule has 0 amide bonds. The maximum Gasteiger partial charge on any atom is 0.234 e. The lowest BCUT2D eigenvalue weighted by Crippen LogP contribution is -2.46. The molecule has 0 aliphatic heterocycles. The SMILES string of the molecule is CC1CCCC2C3CC(CN=C=O)C(CN=C=O)(C3)C12. The van der Waals surface area contributed by atoms with Crippen LogP contribution in [0.5, 0.6) is 0 Å². The summed E-state index contributed by atoms with van der Waals surface area (Å²) in [5.74, 6) is 3.30. The van der Waals surface area contributed by atoms with Gasteiger partial charge < -0.3 is 0 Å². The van der Waals surface area contributed by atoms with Crippen LogP contribution in [0, 0.1) is 35.0 Å². The molecule has 20 heavy (non-hydrogen) atoms. The first-order valence-electron chi connectivity index (χ1n) is 7.80. The van der Waals surface area contributed by atoms with Crippen molar-refractivity contribution in [3.8, 4) is 0 Å². The largest absolute Gasteiger partial charge is 0.234 e. The van der Waals surface area contributed by atoms with Crippen molar-refractivity contribution in [1.29, 1.82) is 0 Å². The number of nitrogens with zero attached hydrogens (tertiary/aromatic N) is 2. The Morgan fingerprint density at radius 2 is 2.00 bits per heavy atom. The topological polar surface area (TPSA) is 58.9 Å². The Morgan fingerprint density at radius 3 is 2.75 bits per heavy atom. The first-order valence-corrected chi connectivity index (χ1v) is 7.80. The number of aliphatic imine (C=N–C) groups is 2. The Bertz CT molecular complexity index is 479. The van der Waals surface area contributed by atoms with E-state index in [1.54, 1.807) is 12.2 Å². The minimum absolute atomic E-state index is 0.0902. The van der Waals surface area contributed by atoms with Gasteiger partial charge in [-0.2, -0.15) is 0 Å². The van der Waals surface area contributed by atoms with Gasteiger partial charge in [0.05, 0.1) is 13.1 Å². The van der Waals surface area contributed by atoms with Gasteiger partial charge in [0.1, 0.15) is 0 Å². The second kappa shape index (κ2) is 5.27. The summed E-state index contributed by atoms with van der Waals surface area (Å²) in [5.41, 5.74) is 0.0902. The van der Waals surface area contributed by atoms with Crippen LogP contribution in [0.4, 0.5) is 0 Å². The molecule has 6 atom stereocenters. The fraction of sp³-hybridized carbons (Fsp3) is 0.875. The summed E-state index contributed by atoms with van der Waals surface area (Å²) in [4.78, 5) is 28.9. The third kappa shape index (κ3) is 1.90. The number of fused-ring (bicyclic) bond motifs is 5. The molecule has 0 aromatic carbocycles. The summed E-state index contributed by atoms with van der Waals surface area (Å²) in [6, 6.07) is 0. The van der Waals surface area contributed by atoms with Gasteiger partial charge in [-0.15, -0.1) is 0 Å². The van der Waals surface area contributed by atoms with Gasteiger partial charge >= 0.3 is 0 Å². The number of hydrogen-bond acceptors (Lipinski definition) is 4. The van der Waals surface area contributed by atoms with E-state index in [9.17, 15) is 9.59 Å². The van der Waals surface area contributed by atoms with Gasteiger partial charge in [0, 0.05) is 0 Å². The van der Waals surface area contributed by atoms with E-state index >= 15 is 0 Å². The first kappa shape index (κ1) is 13.7. The molecule has 2 bridgehead atoms. The molecule has 108 valence electrons. The minimum atomic E-state index is 0.0902. The maximum absolute atomic E-state index is 10.6. The molecule has 0 radical (unpaired) electrons. The normalized spacial score (nSPS) is 45.4. The zero-order chi connectivity index (χ0) is 14.2. The molecule has 0 N–H and O–H groups in total. The third-order valence-corrected chi connectivity index (χ3v) is 6.40. The van der Waals surface area contributed by atoms with Gasteiger partial charge in [-0.1, -0.05) is 19.8 Å². The highest BCUT2D eigenvalue weighted by Gasteiger charge is 2.63. The summed E-state index contributed by atoms with van der Waals surface area (Å²) in [6.45, 7) is 3.49. The zero-order valence-electron chi connectivity index (χ0n) is 12.0. The number of isocyanates is 2. The molecular weight excluding hydrogens is 252 g/mol. The summed E-state index contributed by atoms with van der Waals surface area (Å²) < 4.78 is 0. The van der Waals surface area contributed by atoms with Gasteiger partial charge in [-0.05, 0) is 54.3 Å². The minimum Gasteiger partial charge on any atom is -0.211 e. The summed E-state index contributed by atoms with van der Waals surface area (Å²) in [6.07, 6.45) is 9.66. The molecule has 3 aliphatic rings. The highest BCUT2D eigenvalue weighted by atomic mass is 16.1. The van der Waals surface area contributed by atoms with Crippen molar-refractivity contribution >= 4 is 12.2 Å². The van der Waals surface area contributed by atoms with Gasteiger partial charge in [0.25, 0.3) is 0 Å². The van der Waals surface area contributed by atoms with E-state index in [0.29, 0.717) is 30.8 Å². The lowest BCUT2D eigenvalue weighted by Gasteiger charge is -2.48. The van der Waals surface area contributed by atoms with Crippen molar-refractivity contribution in [3.63, 3.8) is 0 Å². The molecular formula is C16H22N2O2. The third-order valence-electron chi connectivity index (χ3n) is 6.40. The van der Waals surface area contributed by atoms with E-state index in [4.69, 9.17) is 0 Å².